The van der Waals surface area contributed by atoms with Gasteiger partial charge in [0, 0.05) is 24.3 Å². The van der Waals surface area contributed by atoms with Crippen molar-refractivity contribution in [1.29, 1.82) is 0 Å². The lowest BCUT2D eigenvalue weighted by Crippen LogP contribution is -2.27. The molecule has 2 heterocycles. The van der Waals surface area contributed by atoms with Gasteiger partial charge in [-0.25, -0.2) is 0 Å². The van der Waals surface area contributed by atoms with E-state index in [2.05, 4.69) is 5.10 Å². The van der Waals surface area contributed by atoms with Gasteiger partial charge in [0.1, 0.15) is 0 Å². The molecule has 1 aliphatic rings. The third-order valence-corrected chi connectivity index (χ3v) is 3.93. The summed E-state index contributed by atoms with van der Waals surface area (Å²) in [6.45, 7) is 2.29. The number of benzene rings is 1. The van der Waals surface area contributed by atoms with Crippen molar-refractivity contribution in [3.05, 3.63) is 52.8 Å². The Kier molecular flexibility index (Phi) is 3.74. The summed E-state index contributed by atoms with van der Waals surface area (Å²) in [5.41, 5.74) is 1.65. The highest BCUT2D eigenvalue weighted by molar-refractivity contribution is 6.31. The highest BCUT2D eigenvalue weighted by atomic mass is 35.5. The van der Waals surface area contributed by atoms with Crippen molar-refractivity contribution in [2.75, 3.05) is 13.1 Å². The minimum absolute atomic E-state index is 0.0768. The molecular formula is C15H16ClN3O. The first kappa shape index (κ1) is 13.2. The first-order valence-corrected chi connectivity index (χ1v) is 7.17. The van der Waals surface area contributed by atoms with E-state index >= 15 is 0 Å². The predicted octanol–water partition coefficient (Wildman–Crippen LogP) is 2.82. The molecule has 1 aromatic carbocycles. The lowest BCUT2D eigenvalue weighted by Gasteiger charge is -2.13. The Hall–Kier alpha value is -1.81. The summed E-state index contributed by atoms with van der Waals surface area (Å²) in [4.78, 5) is 14.1. The van der Waals surface area contributed by atoms with Crippen molar-refractivity contribution in [3.8, 4) is 0 Å². The van der Waals surface area contributed by atoms with Crippen LogP contribution >= 0.6 is 11.6 Å². The number of likely N-dealkylation sites (tertiary alicyclic amines) is 1. The number of rotatable bonds is 3. The molecule has 0 bridgehead atoms. The Labute approximate surface area is 123 Å². The van der Waals surface area contributed by atoms with E-state index in [4.69, 9.17) is 11.6 Å². The van der Waals surface area contributed by atoms with Crippen LogP contribution in [0.4, 0.5) is 0 Å². The normalized spacial score (nSPS) is 14.8. The third-order valence-electron chi connectivity index (χ3n) is 3.56. The van der Waals surface area contributed by atoms with Gasteiger partial charge in [0.2, 0.25) is 0 Å². The molecule has 1 amide bonds. The fraction of sp³-hybridized carbons (Fsp3) is 0.333. The second-order valence-electron chi connectivity index (χ2n) is 5.02. The van der Waals surface area contributed by atoms with Gasteiger partial charge in [-0.2, -0.15) is 5.10 Å². The summed E-state index contributed by atoms with van der Waals surface area (Å²) in [5, 5.41) is 4.97. The number of aromatic nitrogens is 2. The molecule has 4 nitrogen and oxygen atoms in total. The summed E-state index contributed by atoms with van der Waals surface area (Å²) in [6.07, 6.45) is 5.63. The molecule has 104 valence electrons. The van der Waals surface area contributed by atoms with Crippen molar-refractivity contribution in [2.45, 2.75) is 19.4 Å². The number of halogens is 1. The quantitative estimate of drug-likeness (QED) is 0.871. The Morgan fingerprint density at radius 2 is 2.00 bits per heavy atom. The first-order valence-electron chi connectivity index (χ1n) is 6.79. The number of carbonyl (C=O) groups is 1. The van der Waals surface area contributed by atoms with E-state index in [0.717, 1.165) is 36.5 Å². The standard InChI is InChI=1S/C15H16ClN3O/c16-14-6-2-1-5-12(14)10-19-11-13(9-17-19)15(20)18-7-3-4-8-18/h1-2,5-6,9,11H,3-4,7-8,10H2. The molecule has 0 unspecified atom stereocenters. The topological polar surface area (TPSA) is 38.1 Å². The Bertz CT molecular complexity index is 617. The van der Waals surface area contributed by atoms with Crippen LogP contribution in [0.5, 0.6) is 0 Å². The van der Waals surface area contributed by atoms with Gasteiger partial charge in [0.05, 0.1) is 18.3 Å². The lowest BCUT2D eigenvalue weighted by molar-refractivity contribution is 0.0792. The SMILES string of the molecule is O=C(c1cnn(Cc2ccccc2Cl)c1)N1CCCC1. The summed E-state index contributed by atoms with van der Waals surface area (Å²) in [6, 6.07) is 7.67. The van der Waals surface area contributed by atoms with E-state index in [1.165, 1.54) is 0 Å². The molecule has 1 saturated heterocycles. The molecule has 3 rings (SSSR count). The average molecular weight is 290 g/mol. The lowest BCUT2D eigenvalue weighted by atomic mass is 10.2. The molecule has 5 heteroatoms. The highest BCUT2D eigenvalue weighted by Crippen LogP contribution is 2.17. The van der Waals surface area contributed by atoms with Gasteiger partial charge in [-0.05, 0) is 24.5 Å². The van der Waals surface area contributed by atoms with Crippen molar-refractivity contribution in [1.82, 2.24) is 14.7 Å². The molecule has 0 spiro atoms. The van der Waals surface area contributed by atoms with Gasteiger partial charge in [0.15, 0.2) is 0 Å². The van der Waals surface area contributed by atoms with E-state index < -0.39 is 0 Å². The van der Waals surface area contributed by atoms with Crippen LogP contribution in [0.25, 0.3) is 0 Å². The minimum Gasteiger partial charge on any atom is -0.339 e. The van der Waals surface area contributed by atoms with Crippen LogP contribution in [0.15, 0.2) is 36.7 Å². The second kappa shape index (κ2) is 5.67. The van der Waals surface area contributed by atoms with Gasteiger partial charge >= 0.3 is 0 Å². The molecule has 1 aliphatic heterocycles. The van der Waals surface area contributed by atoms with Gasteiger partial charge in [0.25, 0.3) is 5.91 Å². The number of hydrogen-bond acceptors (Lipinski definition) is 2. The molecule has 1 aromatic heterocycles. The first-order chi connectivity index (χ1) is 9.74. The van der Waals surface area contributed by atoms with E-state index in [-0.39, 0.29) is 5.91 Å². The molecule has 20 heavy (non-hydrogen) atoms. The monoisotopic (exact) mass is 289 g/mol. The van der Waals surface area contributed by atoms with Crippen LogP contribution in [0.3, 0.4) is 0 Å². The third kappa shape index (κ3) is 2.70. The zero-order chi connectivity index (χ0) is 13.9. The second-order valence-corrected chi connectivity index (χ2v) is 5.42. The van der Waals surface area contributed by atoms with Crippen LogP contribution in [0, 0.1) is 0 Å². The van der Waals surface area contributed by atoms with Gasteiger partial charge in [-0.15, -0.1) is 0 Å². The van der Waals surface area contributed by atoms with Gasteiger partial charge in [-0.1, -0.05) is 29.8 Å². The average Bonchev–Trinajstić information content (AvgIpc) is 3.12. The maximum absolute atomic E-state index is 12.2. The largest absolute Gasteiger partial charge is 0.339 e. The van der Waals surface area contributed by atoms with Crippen LogP contribution in [0.1, 0.15) is 28.8 Å². The fourth-order valence-corrected chi connectivity index (χ4v) is 2.66. The predicted molar refractivity (Wildman–Crippen MR) is 77.9 cm³/mol. The Balaban J connectivity index is 1.73. The van der Waals surface area contributed by atoms with Crippen molar-refractivity contribution in [3.63, 3.8) is 0 Å². The summed E-state index contributed by atoms with van der Waals surface area (Å²) in [7, 11) is 0. The number of carbonyl (C=O) groups excluding carboxylic acids is 1. The summed E-state index contributed by atoms with van der Waals surface area (Å²) < 4.78 is 1.75. The van der Waals surface area contributed by atoms with Gasteiger partial charge < -0.3 is 4.90 Å². The molecule has 0 radical (unpaired) electrons. The molecule has 1 fully saturated rings. The van der Waals surface area contributed by atoms with E-state index in [1.54, 1.807) is 17.1 Å². The van der Waals surface area contributed by atoms with Crippen molar-refractivity contribution < 1.29 is 4.79 Å². The fourth-order valence-electron chi connectivity index (χ4n) is 2.46. The van der Waals surface area contributed by atoms with Gasteiger partial charge in [-0.3, -0.25) is 9.48 Å². The summed E-state index contributed by atoms with van der Waals surface area (Å²) in [5.74, 6) is 0.0768. The number of amides is 1. The Morgan fingerprint density at radius 1 is 1.25 bits per heavy atom. The zero-order valence-corrected chi connectivity index (χ0v) is 11.9. The van der Waals surface area contributed by atoms with Crippen LogP contribution in [-0.4, -0.2) is 33.7 Å². The molecule has 2 aromatic rings. The molecular weight excluding hydrogens is 274 g/mol. The van der Waals surface area contributed by atoms with E-state index in [9.17, 15) is 4.79 Å². The van der Waals surface area contributed by atoms with Crippen molar-refractivity contribution >= 4 is 17.5 Å². The van der Waals surface area contributed by atoms with Crippen molar-refractivity contribution in [2.24, 2.45) is 0 Å². The molecule has 0 saturated carbocycles. The highest BCUT2D eigenvalue weighted by Gasteiger charge is 2.20. The molecule has 0 aliphatic carbocycles. The van der Waals surface area contributed by atoms with E-state index in [0.29, 0.717) is 12.1 Å². The zero-order valence-electron chi connectivity index (χ0n) is 11.1. The minimum atomic E-state index is 0.0768. The number of hydrogen-bond donors (Lipinski definition) is 0. The Morgan fingerprint density at radius 3 is 2.75 bits per heavy atom. The van der Waals surface area contributed by atoms with E-state index in [1.807, 2.05) is 29.2 Å². The van der Waals surface area contributed by atoms with Crippen LogP contribution in [0.2, 0.25) is 5.02 Å². The maximum Gasteiger partial charge on any atom is 0.257 e. The molecule has 0 atom stereocenters. The van der Waals surface area contributed by atoms with Crippen LogP contribution in [-0.2, 0) is 6.54 Å². The number of nitrogens with zero attached hydrogens (tertiary/aromatic N) is 3. The maximum atomic E-state index is 12.2. The summed E-state index contributed by atoms with van der Waals surface area (Å²) >= 11 is 6.13. The van der Waals surface area contributed by atoms with Crippen LogP contribution < -0.4 is 0 Å². The smallest absolute Gasteiger partial charge is 0.257 e. The molecule has 0 N–H and O–H groups in total.